The molecule has 2 aliphatic carbocycles. The second kappa shape index (κ2) is 38.2. The molecule has 0 amide bonds. The van der Waals surface area contributed by atoms with Crippen molar-refractivity contribution in [2.75, 3.05) is 19.6 Å². The van der Waals surface area contributed by atoms with Gasteiger partial charge in [0.1, 0.15) is 0 Å². The summed E-state index contributed by atoms with van der Waals surface area (Å²) in [6.07, 6.45) is 11.0. The normalized spacial score (nSPS) is 18.1. The van der Waals surface area contributed by atoms with Crippen LogP contribution in [0.15, 0.2) is 388 Å². The van der Waals surface area contributed by atoms with E-state index in [2.05, 4.69) is 436 Å². The van der Waals surface area contributed by atoms with Crippen LogP contribution < -0.4 is 19.6 Å². The number of hydrogen-bond acceptors (Lipinski definition) is 7. The Kier molecular flexibility index (Phi) is 26.0. The molecular formula is C131H132F2N4O3. The summed E-state index contributed by atoms with van der Waals surface area (Å²) in [6, 6.07) is 138. The first kappa shape index (κ1) is 95.4. The molecule has 2 unspecified atom stereocenters. The minimum absolute atomic E-state index is 0.0665. The number of hydrogen-bond donors (Lipinski definition) is 0. The lowest BCUT2D eigenvalue weighted by molar-refractivity contribution is -0.151. The second-order valence-electron chi connectivity index (χ2n) is 41.3. The molecule has 2 atom stereocenters. The molecular weight excluding hydrogens is 1720 g/mol. The van der Waals surface area contributed by atoms with Gasteiger partial charge in [-0.05, 0) is 410 Å². The predicted molar refractivity (Wildman–Crippen MR) is 581 cm³/mol. The Morgan fingerprint density at radius 2 is 0.471 bits per heavy atom. The topological polar surface area (TPSA) is 40.6 Å². The van der Waals surface area contributed by atoms with Crippen LogP contribution in [-0.4, -0.2) is 5.92 Å². The minimum Gasteiger partial charge on any atom is -0.360 e. The molecule has 7 nitrogen and oxygen atoms in total. The lowest BCUT2D eigenvalue weighted by Crippen LogP contribution is -2.46. The maximum atomic E-state index is 15.3. The predicted octanol–water partition coefficient (Wildman–Crippen LogP) is 37.1. The van der Waals surface area contributed by atoms with Crippen LogP contribution in [-0.2, 0) is 58.6 Å². The summed E-state index contributed by atoms with van der Waals surface area (Å²) in [7, 11) is 0. The van der Waals surface area contributed by atoms with Crippen LogP contribution in [0.2, 0.25) is 0 Å². The number of rotatable bonds is 20. The lowest BCUT2D eigenvalue weighted by Gasteiger charge is -2.35. The summed E-state index contributed by atoms with van der Waals surface area (Å²) in [5.74, 6) is -2.83. The SMILES string of the molecule is CCC1(CC)OC(CC)(CC)c2cc(-c3ccc(N(c4ccccc4)c4ccccc4)c(C)c3)ccc21.Cc1cc(-c2ccc3c(c2)C(C)(C)C(F)(F)C3(C)C)ccc1N(c1ccccc1)c1ccccc1.Cc1cc(-c2ccc3c(c2)C(C)(C)OC32CCCC2)ccc1N(c1ccccc1)c1ccccc1.Cc1cc(-c2ccc3c(c2)C2(C)CCC3(C)O2)ccc1N(c1ccccc1)c1ccccc1. The maximum absolute atomic E-state index is 15.3. The van der Waals surface area contributed by atoms with E-state index in [1.54, 1.807) is 27.7 Å². The molecule has 22 rings (SSSR count). The molecule has 4 aliphatic heterocycles. The Labute approximate surface area is 830 Å². The van der Waals surface area contributed by atoms with Gasteiger partial charge >= 0.3 is 0 Å². The molecule has 0 N–H and O–H groups in total. The number of alkyl halides is 2. The summed E-state index contributed by atoms with van der Waals surface area (Å²) < 4.78 is 50.9. The third kappa shape index (κ3) is 17.4. The molecule has 0 aromatic heterocycles. The van der Waals surface area contributed by atoms with Crippen LogP contribution in [0.25, 0.3) is 44.5 Å². The number of anilines is 12. The van der Waals surface area contributed by atoms with E-state index >= 15 is 8.78 Å². The highest BCUT2D eigenvalue weighted by Crippen LogP contribution is 2.63. The fourth-order valence-corrected chi connectivity index (χ4v) is 23.7. The highest BCUT2D eigenvalue weighted by molar-refractivity contribution is 5.86. The molecule has 1 spiro atoms. The van der Waals surface area contributed by atoms with Crippen LogP contribution >= 0.6 is 0 Å². The van der Waals surface area contributed by atoms with Crippen molar-refractivity contribution in [1.29, 1.82) is 0 Å². The molecule has 2 bridgehead atoms. The molecule has 140 heavy (non-hydrogen) atoms. The molecule has 2 fully saturated rings. The van der Waals surface area contributed by atoms with Crippen LogP contribution in [0.1, 0.15) is 214 Å². The van der Waals surface area contributed by atoms with Crippen LogP contribution in [0, 0.1) is 27.7 Å². The number of para-hydroxylation sites is 8. The third-order valence-corrected chi connectivity index (χ3v) is 31.5. The molecule has 708 valence electrons. The van der Waals surface area contributed by atoms with Gasteiger partial charge < -0.3 is 33.8 Å². The number of nitrogens with zero attached hydrogens (tertiary/aromatic N) is 4. The molecule has 0 radical (unpaired) electrons. The van der Waals surface area contributed by atoms with E-state index in [1.165, 1.54) is 113 Å². The maximum Gasteiger partial charge on any atom is 0.266 e. The smallest absolute Gasteiger partial charge is 0.266 e. The van der Waals surface area contributed by atoms with Crippen molar-refractivity contribution in [3.8, 4) is 44.5 Å². The number of benzene rings is 16. The molecule has 9 heteroatoms. The van der Waals surface area contributed by atoms with Gasteiger partial charge in [-0.3, -0.25) is 0 Å². The summed E-state index contributed by atoms with van der Waals surface area (Å²) in [5, 5.41) is 0. The Morgan fingerprint density at radius 3 is 0.779 bits per heavy atom. The van der Waals surface area contributed by atoms with Crippen LogP contribution in [0.4, 0.5) is 77.0 Å². The fraction of sp³-hybridized carbons (Fsp3) is 0.267. The zero-order chi connectivity index (χ0) is 97.7. The zero-order valence-electron chi connectivity index (χ0n) is 84.3. The van der Waals surface area contributed by atoms with Gasteiger partial charge in [0.05, 0.1) is 44.4 Å². The van der Waals surface area contributed by atoms with Crippen molar-refractivity contribution in [3.05, 3.63) is 455 Å². The number of halogens is 2. The third-order valence-electron chi connectivity index (χ3n) is 31.5. The van der Waals surface area contributed by atoms with Gasteiger partial charge in [-0.1, -0.05) is 265 Å². The second-order valence-corrected chi connectivity index (χ2v) is 41.3. The minimum atomic E-state index is -2.83. The van der Waals surface area contributed by atoms with Gasteiger partial charge in [0.2, 0.25) is 0 Å². The highest BCUT2D eigenvalue weighted by atomic mass is 19.3. The molecule has 1 saturated heterocycles. The van der Waals surface area contributed by atoms with Crippen molar-refractivity contribution in [2.45, 2.75) is 225 Å². The first-order chi connectivity index (χ1) is 67.5. The van der Waals surface area contributed by atoms with E-state index in [-0.39, 0.29) is 33.6 Å². The van der Waals surface area contributed by atoms with E-state index in [4.69, 9.17) is 14.2 Å². The Bertz CT molecular complexity index is 6950. The van der Waals surface area contributed by atoms with Crippen LogP contribution in [0.5, 0.6) is 0 Å². The monoisotopic (exact) mass is 1850 g/mol. The molecule has 16 aromatic rings. The molecule has 16 aromatic carbocycles. The van der Waals surface area contributed by atoms with Gasteiger partial charge in [-0.2, -0.15) is 0 Å². The summed E-state index contributed by atoms with van der Waals surface area (Å²) in [5.41, 5.74) is 34.5. The average Bonchev–Trinajstić information content (AvgIpc) is 1.54. The Balaban J connectivity index is 0.000000119. The summed E-state index contributed by atoms with van der Waals surface area (Å²) >= 11 is 0. The molecule has 1 saturated carbocycles. The van der Waals surface area contributed by atoms with E-state index in [0.29, 0.717) is 0 Å². The van der Waals surface area contributed by atoms with Crippen LogP contribution in [0.3, 0.4) is 0 Å². The molecule has 6 aliphatic rings. The largest absolute Gasteiger partial charge is 0.360 e. The highest BCUT2D eigenvalue weighted by Gasteiger charge is 2.65. The summed E-state index contributed by atoms with van der Waals surface area (Å²) in [6.45, 7) is 33.4. The first-order valence-corrected chi connectivity index (χ1v) is 50.6. The van der Waals surface area contributed by atoms with E-state index in [0.717, 1.165) is 130 Å². The van der Waals surface area contributed by atoms with Crippen molar-refractivity contribution in [1.82, 2.24) is 0 Å². The molecule has 4 heterocycles. The number of fused-ring (bicyclic) bond motifs is 9. The number of aryl methyl sites for hydroxylation is 4. The Hall–Kier alpha value is -13.5. The van der Waals surface area contributed by atoms with E-state index in [1.807, 2.05) is 54.6 Å². The standard InChI is InChI=1S/C35H39NO.C33H33NO.C32H31F2N.C31H29NO/c1-6-34(7-2)31-22-20-28(25-32(31)35(8-3,9-4)37-34)27-21-23-33(26(5)24-27)36(29-16-12-10-13-17-29)30-18-14-11-15-19-30;1-24-22-25(26-16-18-29-30(23-26)32(2,3)35-33(29)20-10-11-21-33)17-19-31(24)34(27-12-6-4-7-13-27)28-14-8-5-9-15-28;1-22-20-23(24-16-18-27-28(21-24)31(4,5)32(33,34)30(27,2)3)17-19-29(22)35(25-12-8-6-9-13-25)26-14-10-7-11-15-26;1-22-20-23(24-14-16-27-28(21-24)31(3)19-18-30(27,2)33-31)15-17-29(22)32(25-10-6-4-7-11-25)26-12-8-5-9-13-26/h10-25H,6-9H2,1-5H3;4-9,12-19,22-23H,10-11,20-21H2,1-3H3;6-21H,1-5H3;4-17,20-21H,18-19H2,1-3H3. The number of ether oxygens (including phenoxy) is 3. The quantitative estimate of drug-likeness (QED) is 0.0753. The van der Waals surface area contributed by atoms with Crippen molar-refractivity contribution in [3.63, 3.8) is 0 Å². The van der Waals surface area contributed by atoms with E-state index in [9.17, 15) is 0 Å². The van der Waals surface area contributed by atoms with Crippen molar-refractivity contribution in [2.24, 2.45) is 0 Å². The summed E-state index contributed by atoms with van der Waals surface area (Å²) in [4.78, 5) is 9.25. The zero-order valence-corrected chi connectivity index (χ0v) is 84.3. The van der Waals surface area contributed by atoms with Gasteiger partial charge in [0.15, 0.2) is 0 Å². The Morgan fingerprint density at radius 1 is 0.229 bits per heavy atom. The van der Waals surface area contributed by atoms with Gasteiger partial charge in [0, 0.05) is 68.2 Å². The van der Waals surface area contributed by atoms with Gasteiger partial charge in [-0.15, -0.1) is 0 Å². The average molecular weight is 1850 g/mol. The van der Waals surface area contributed by atoms with Crippen molar-refractivity contribution >= 4 is 68.2 Å². The fourth-order valence-electron chi connectivity index (χ4n) is 23.7. The van der Waals surface area contributed by atoms with Crippen molar-refractivity contribution < 1.29 is 23.0 Å². The van der Waals surface area contributed by atoms with E-state index < -0.39 is 16.8 Å². The first-order valence-electron chi connectivity index (χ1n) is 50.6. The van der Waals surface area contributed by atoms with Gasteiger partial charge in [-0.25, -0.2) is 8.78 Å². The van der Waals surface area contributed by atoms with Gasteiger partial charge in [0.25, 0.3) is 5.92 Å². The lowest BCUT2D eigenvalue weighted by atomic mass is 9.77.